The first kappa shape index (κ1) is 9.93. The van der Waals surface area contributed by atoms with E-state index < -0.39 is 6.42 Å². The second-order valence-corrected chi connectivity index (χ2v) is 3.27. The Labute approximate surface area is 74.3 Å². The third-order valence-electron chi connectivity index (χ3n) is 2.56. The molecule has 1 fully saturated rings. The Morgan fingerprint density at radius 3 is 2.17 bits per heavy atom. The van der Waals surface area contributed by atoms with Crippen molar-refractivity contribution in [3.8, 4) is 0 Å². The largest absolute Gasteiger partial charge is 0.262 e. The number of hydrogen-bond donors (Lipinski definition) is 0. The van der Waals surface area contributed by atoms with Crippen LogP contribution in [0.4, 0.5) is 4.39 Å². The Kier molecular flexibility index (Phi) is 3.95. The topological polar surface area (TPSA) is 6.48 Å². The monoisotopic (exact) mass is 174 g/mol. The molecule has 3 heteroatoms. The van der Waals surface area contributed by atoms with Gasteiger partial charge in [0, 0.05) is 13.1 Å². The van der Waals surface area contributed by atoms with Crippen molar-refractivity contribution in [2.75, 3.05) is 26.2 Å². The average Bonchev–Trinajstić information content (AvgIpc) is 2.58. The normalized spacial score (nSPS) is 22.0. The molecule has 1 atom stereocenters. The maximum atomic E-state index is 13.6. The van der Waals surface area contributed by atoms with Gasteiger partial charge in [-0.1, -0.05) is 13.8 Å². The summed E-state index contributed by atoms with van der Waals surface area (Å²) in [6.45, 7) is 7.47. The molecule has 0 radical (unpaired) electrons. The molecule has 12 heavy (non-hydrogen) atoms. The summed E-state index contributed by atoms with van der Waals surface area (Å²) in [7, 11) is 0. The van der Waals surface area contributed by atoms with Gasteiger partial charge in [0.2, 0.25) is 6.42 Å². The summed E-state index contributed by atoms with van der Waals surface area (Å²) < 4.78 is 13.6. The zero-order valence-corrected chi connectivity index (χ0v) is 8.09. The van der Waals surface area contributed by atoms with Crippen LogP contribution in [0.1, 0.15) is 26.7 Å². The van der Waals surface area contributed by atoms with Crippen molar-refractivity contribution in [1.29, 1.82) is 0 Å². The van der Waals surface area contributed by atoms with Crippen LogP contribution in [0.3, 0.4) is 0 Å². The quantitative estimate of drug-likeness (QED) is 0.598. The van der Waals surface area contributed by atoms with Gasteiger partial charge in [0.25, 0.3) is 0 Å². The number of nitrogens with zero attached hydrogens (tertiary/aromatic N) is 2. The Morgan fingerprint density at radius 1 is 1.25 bits per heavy atom. The summed E-state index contributed by atoms with van der Waals surface area (Å²) in [4.78, 5) is 3.78. The number of halogens is 1. The summed E-state index contributed by atoms with van der Waals surface area (Å²) in [6.07, 6.45) is 1.46. The maximum absolute atomic E-state index is 13.6. The van der Waals surface area contributed by atoms with E-state index in [1.807, 2.05) is 23.6 Å². The van der Waals surface area contributed by atoms with Crippen molar-refractivity contribution >= 4 is 0 Å². The summed E-state index contributed by atoms with van der Waals surface area (Å²) >= 11 is 0. The van der Waals surface area contributed by atoms with Crippen LogP contribution < -0.4 is 0 Å². The Balaban J connectivity index is 2.37. The average molecular weight is 174 g/mol. The molecule has 0 aromatic rings. The second-order valence-electron chi connectivity index (χ2n) is 3.27. The third-order valence-corrected chi connectivity index (χ3v) is 2.56. The molecule has 0 amide bonds. The Morgan fingerprint density at radius 2 is 1.75 bits per heavy atom. The van der Waals surface area contributed by atoms with Gasteiger partial charge in [-0.2, -0.15) is 0 Å². The van der Waals surface area contributed by atoms with E-state index in [9.17, 15) is 4.39 Å². The van der Waals surface area contributed by atoms with E-state index in [4.69, 9.17) is 0 Å². The van der Waals surface area contributed by atoms with Crippen molar-refractivity contribution in [2.45, 2.75) is 33.1 Å². The van der Waals surface area contributed by atoms with Crippen molar-refractivity contribution < 1.29 is 4.39 Å². The fourth-order valence-corrected chi connectivity index (χ4v) is 1.71. The van der Waals surface area contributed by atoms with E-state index in [1.165, 1.54) is 0 Å². The van der Waals surface area contributed by atoms with Crippen LogP contribution in [0.5, 0.6) is 0 Å². The van der Waals surface area contributed by atoms with Crippen LogP contribution in [-0.4, -0.2) is 42.4 Å². The van der Waals surface area contributed by atoms with Gasteiger partial charge in [0.05, 0.1) is 0 Å². The molecular formula is C9H19FN2. The molecule has 0 N–H and O–H groups in total. The highest BCUT2D eigenvalue weighted by Crippen LogP contribution is 2.15. The van der Waals surface area contributed by atoms with Crippen LogP contribution in [0.25, 0.3) is 0 Å². The van der Waals surface area contributed by atoms with Crippen LogP contribution in [0.2, 0.25) is 0 Å². The Hall–Kier alpha value is -0.150. The summed E-state index contributed by atoms with van der Waals surface area (Å²) in [5.74, 6) is 0. The highest BCUT2D eigenvalue weighted by atomic mass is 19.1. The molecule has 1 saturated heterocycles. The molecular weight excluding hydrogens is 155 g/mol. The van der Waals surface area contributed by atoms with Gasteiger partial charge < -0.3 is 0 Å². The molecule has 0 spiro atoms. The zero-order valence-electron chi connectivity index (χ0n) is 8.09. The lowest BCUT2D eigenvalue weighted by Gasteiger charge is -2.29. The Bertz CT molecular complexity index is 118. The van der Waals surface area contributed by atoms with Gasteiger partial charge in [-0.3, -0.25) is 9.80 Å². The molecule has 0 aliphatic carbocycles. The summed E-state index contributed by atoms with van der Waals surface area (Å²) in [5.41, 5.74) is 0. The van der Waals surface area contributed by atoms with E-state index in [1.54, 1.807) is 0 Å². The maximum Gasteiger partial charge on any atom is 0.210 e. The van der Waals surface area contributed by atoms with Gasteiger partial charge >= 0.3 is 0 Å². The van der Waals surface area contributed by atoms with Crippen LogP contribution >= 0.6 is 0 Å². The number of rotatable bonds is 4. The fraction of sp³-hybridized carbons (Fsp3) is 1.00. The first-order valence-corrected chi connectivity index (χ1v) is 4.91. The predicted octanol–water partition coefficient (Wildman–Crippen LogP) is 1.68. The number of hydrogen-bond acceptors (Lipinski definition) is 2. The van der Waals surface area contributed by atoms with Gasteiger partial charge in [0.1, 0.15) is 0 Å². The van der Waals surface area contributed by atoms with E-state index in [2.05, 4.69) is 0 Å². The molecule has 2 nitrogen and oxygen atoms in total. The lowest BCUT2D eigenvalue weighted by molar-refractivity contribution is -0.0341. The van der Waals surface area contributed by atoms with Crippen molar-refractivity contribution in [3.63, 3.8) is 0 Å². The molecule has 1 aliphatic heterocycles. The minimum Gasteiger partial charge on any atom is -0.262 e. The predicted molar refractivity (Wildman–Crippen MR) is 48.6 cm³/mol. The van der Waals surface area contributed by atoms with Crippen molar-refractivity contribution in [3.05, 3.63) is 0 Å². The lowest BCUT2D eigenvalue weighted by atomic mass is 10.4. The van der Waals surface area contributed by atoms with Crippen molar-refractivity contribution in [1.82, 2.24) is 9.80 Å². The smallest absolute Gasteiger partial charge is 0.210 e. The molecule has 1 unspecified atom stereocenters. The standard InChI is InChI=1S/C9H19FN2/c1-3-11(4-2)9(10)12-7-5-6-8-12/h9H,3-8H2,1-2H3. The zero-order chi connectivity index (χ0) is 8.97. The van der Waals surface area contributed by atoms with Crippen LogP contribution in [0.15, 0.2) is 0 Å². The highest BCUT2D eigenvalue weighted by Gasteiger charge is 2.24. The minimum atomic E-state index is -0.845. The minimum absolute atomic E-state index is 0.800. The van der Waals surface area contributed by atoms with Crippen LogP contribution in [0, 0.1) is 0 Å². The van der Waals surface area contributed by atoms with Gasteiger partial charge in [-0.15, -0.1) is 0 Å². The molecule has 0 bridgehead atoms. The van der Waals surface area contributed by atoms with E-state index in [0.717, 1.165) is 39.0 Å². The molecule has 0 aromatic heterocycles. The molecule has 1 heterocycles. The lowest BCUT2D eigenvalue weighted by Crippen LogP contribution is -2.44. The summed E-state index contributed by atoms with van der Waals surface area (Å²) in [5, 5.41) is 0. The van der Waals surface area contributed by atoms with E-state index >= 15 is 0 Å². The summed E-state index contributed by atoms with van der Waals surface area (Å²) in [6, 6.07) is 0. The van der Waals surface area contributed by atoms with Crippen LogP contribution in [-0.2, 0) is 0 Å². The fourth-order valence-electron chi connectivity index (χ4n) is 1.71. The number of alkyl halides is 1. The van der Waals surface area contributed by atoms with Gasteiger partial charge in [-0.25, -0.2) is 4.39 Å². The third kappa shape index (κ3) is 2.17. The SMILES string of the molecule is CCN(CC)C(F)N1CCCC1. The highest BCUT2D eigenvalue weighted by molar-refractivity contribution is 4.69. The first-order valence-electron chi connectivity index (χ1n) is 4.91. The first-order chi connectivity index (χ1) is 5.79. The second kappa shape index (κ2) is 4.77. The van der Waals surface area contributed by atoms with Crippen molar-refractivity contribution in [2.24, 2.45) is 0 Å². The molecule has 0 saturated carbocycles. The van der Waals surface area contributed by atoms with Gasteiger partial charge in [0.15, 0.2) is 0 Å². The molecule has 0 aromatic carbocycles. The molecule has 1 aliphatic rings. The molecule has 72 valence electrons. The van der Waals surface area contributed by atoms with E-state index in [0.29, 0.717) is 0 Å². The van der Waals surface area contributed by atoms with Gasteiger partial charge in [-0.05, 0) is 25.9 Å². The molecule has 1 rings (SSSR count). The van der Waals surface area contributed by atoms with E-state index in [-0.39, 0.29) is 0 Å². The number of likely N-dealkylation sites (tertiary alicyclic amines) is 1.